The molecule has 0 spiro atoms. The van der Waals surface area contributed by atoms with Crippen molar-refractivity contribution in [1.82, 2.24) is 4.90 Å². The maximum atomic E-state index is 11.6. The number of sulfone groups is 1. The Balaban J connectivity index is 2.35. The van der Waals surface area contributed by atoms with Crippen LogP contribution < -0.4 is 0 Å². The molecule has 4 nitrogen and oxygen atoms in total. The van der Waals surface area contributed by atoms with Crippen LogP contribution in [0.2, 0.25) is 0 Å². The lowest BCUT2D eigenvalue weighted by Gasteiger charge is -2.30. The SMILES string of the molecule is CC1CCN(C(=O)CCS(C)(=O)=O)CC1. The van der Waals surface area contributed by atoms with E-state index in [0.717, 1.165) is 25.9 Å². The first-order chi connectivity index (χ1) is 6.88. The van der Waals surface area contributed by atoms with Crippen LogP contribution >= 0.6 is 0 Å². The second-order valence-corrected chi connectivity index (χ2v) is 6.70. The van der Waals surface area contributed by atoms with Crippen LogP contribution in [0.5, 0.6) is 0 Å². The summed E-state index contributed by atoms with van der Waals surface area (Å²) in [6, 6.07) is 0. The number of nitrogens with zero attached hydrogens (tertiary/aromatic N) is 1. The van der Waals surface area contributed by atoms with Gasteiger partial charge in [-0.15, -0.1) is 0 Å². The highest BCUT2D eigenvalue weighted by atomic mass is 32.2. The van der Waals surface area contributed by atoms with Crippen molar-refractivity contribution in [3.63, 3.8) is 0 Å². The van der Waals surface area contributed by atoms with Gasteiger partial charge in [0.2, 0.25) is 5.91 Å². The fourth-order valence-electron chi connectivity index (χ4n) is 1.69. The predicted molar refractivity (Wildman–Crippen MR) is 59.3 cm³/mol. The number of amides is 1. The third-order valence-corrected chi connectivity index (χ3v) is 3.77. The summed E-state index contributed by atoms with van der Waals surface area (Å²) in [6.07, 6.45) is 3.36. The second kappa shape index (κ2) is 4.96. The molecule has 0 unspecified atom stereocenters. The van der Waals surface area contributed by atoms with E-state index in [1.54, 1.807) is 4.90 Å². The standard InChI is InChI=1S/C10H19NO3S/c1-9-3-6-11(7-4-9)10(12)5-8-15(2,13)14/h9H,3-8H2,1-2H3. The van der Waals surface area contributed by atoms with Crippen LogP contribution in [0.3, 0.4) is 0 Å². The largest absolute Gasteiger partial charge is 0.343 e. The zero-order valence-corrected chi connectivity index (χ0v) is 10.2. The van der Waals surface area contributed by atoms with Gasteiger partial charge in [-0.25, -0.2) is 8.42 Å². The highest BCUT2D eigenvalue weighted by Crippen LogP contribution is 2.16. The maximum Gasteiger partial charge on any atom is 0.223 e. The average Bonchev–Trinajstić information content (AvgIpc) is 2.14. The maximum absolute atomic E-state index is 11.6. The lowest BCUT2D eigenvalue weighted by atomic mass is 9.99. The van der Waals surface area contributed by atoms with Crippen molar-refractivity contribution in [1.29, 1.82) is 0 Å². The summed E-state index contributed by atoms with van der Waals surface area (Å²) in [6.45, 7) is 3.74. The fourth-order valence-corrected chi connectivity index (χ4v) is 2.23. The second-order valence-electron chi connectivity index (χ2n) is 4.44. The predicted octanol–water partition coefficient (Wildman–Crippen LogP) is 0.680. The Kier molecular flexibility index (Phi) is 4.13. The molecule has 15 heavy (non-hydrogen) atoms. The van der Waals surface area contributed by atoms with Gasteiger partial charge in [-0.1, -0.05) is 6.92 Å². The molecule has 88 valence electrons. The number of carbonyl (C=O) groups is 1. The Morgan fingerprint density at radius 3 is 2.33 bits per heavy atom. The summed E-state index contributed by atoms with van der Waals surface area (Å²) in [5.41, 5.74) is 0. The first-order valence-electron chi connectivity index (χ1n) is 5.34. The number of carbonyl (C=O) groups excluding carboxylic acids is 1. The number of hydrogen-bond acceptors (Lipinski definition) is 3. The molecule has 0 aromatic carbocycles. The molecule has 0 atom stereocenters. The molecule has 1 amide bonds. The van der Waals surface area contributed by atoms with Crippen LogP contribution in [0.25, 0.3) is 0 Å². The number of hydrogen-bond donors (Lipinski definition) is 0. The van der Waals surface area contributed by atoms with Gasteiger partial charge in [0.1, 0.15) is 9.84 Å². The minimum atomic E-state index is -3.02. The van der Waals surface area contributed by atoms with E-state index in [1.165, 1.54) is 6.26 Å². The average molecular weight is 233 g/mol. The molecule has 0 bridgehead atoms. The molecule has 1 fully saturated rings. The molecule has 1 heterocycles. The molecule has 0 saturated carbocycles. The summed E-state index contributed by atoms with van der Waals surface area (Å²) in [5.74, 6) is 0.633. The molecule has 5 heteroatoms. The minimum Gasteiger partial charge on any atom is -0.343 e. The molecule has 1 rings (SSSR count). The van der Waals surface area contributed by atoms with E-state index in [0.29, 0.717) is 5.92 Å². The van der Waals surface area contributed by atoms with Gasteiger partial charge in [0.15, 0.2) is 0 Å². The van der Waals surface area contributed by atoms with Crippen molar-refractivity contribution in [2.45, 2.75) is 26.2 Å². The molecular formula is C10H19NO3S. The van der Waals surface area contributed by atoms with Gasteiger partial charge in [-0.05, 0) is 18.8 Å². The first kappa shape index (κ1) is 12.5. The van der Waals surface area contributed by atoms with Crippen LogP contribution in [-0.4, -0.2) is 44.3 Å². The van der Waals surface area contributed by atoms with Gasteiger partial charge in [-0.3, -0.25) is 4.79 Å². The lowest BCUT2D eigenvalue weighted by Crippen LogP contribution is -2.38. The topological polar surface area (TPSA) is 54.5 Å². The Hall–Kier alpha value is -0.580. The van der Waals surface area contributed by atoms with E-state index in [-0.39, 0.29) is 18.1 Å². The van der Waals surface area contributed by atoms with Crippen molar-refractivity contribution >= 4 is 15.7 Å². The van der Waals surface area contributed by atoms with Crippen LogP contribution in [0.1, 0.15) is 26.2 Å². The van der Waals surface area contributed by atoms with Crippen LogP contribution in [0.4, 0.5) is 0 Å². The molecule has 1 aliphatic rings. The van der Waals surface area contributed by atoms with Crippen molar-refractivity contribution in [2.75, 3.05) is 25.1 Å². The van der Waals surface area contributed by atoms with E-state index in [1.807, 2.05) is 0 Å². The Morgan fingerprint density at radius 1 is 1.33 bits per heavy atom. The van der Waals surface area contributed by atoms with Crippen molar-refractivity contribution in [3.05, 3.63) is 0 Å². The molecule has 1 saturated heterocycles. The molecule has 0 aliphatic carbocycles. The summed E-state index contributed by atoms with van der Waals surface area (Å²) in [7, 11) is -3.02. The Morgan fingerprint density at radius 2 is 1.87 bits per heavy atom. The smallest absolute Gasteiger partial charge is 0.223 e. The number of piperidine rings is 1. The van der Waals surface area contributed by atoms with Gasteiger partial charge < -0.3 is 4.90 Å². The quantitative estimate of drug-likeness (QED) is 0.720. The van der Waals surface area contributed by atoms with E-state index < -0.39 is 9.84 Å². The molecule has 1 aliphatic heterocycles. The molecule has 0 radical (unpaired) electrons. The van der Waals surface area contributed by atoms with Crippen molar-refractivity contribution in [2.24, 2.45) is 5.92 Å². The monoisotopic (exact) mass is 233 g/mol. The van der Waals surface area contributed by atoms with E-state index in [9.17, 15) is 13.2 Å². The third kappa shape index (κ3) is 4.64. The van der Waals surface area contributed by atoms with E-state index >= 15 is 0 Å². The van der Waals surface area contributed by atoms with Crippen LogP contribution in [-0.2, 0) is 14.6 Å². The fraction of sp³-hybridized carbons (Fsp3) is 0.900. The highest BCUT2D eigenvalue weighted by Gasteiger charge is 2.20. The van der Waals surface area contributed by atoms with Gasteiger partial charge in [-0.2, -0.15) is 0 Å². The summed E-state index contributed by atoms with van der Waals surface area (Å²) >= 11 is 0. The molecule has 0 aromatic heterocycles. The van der Waals surface area contributed by atoms with Crippen molar-refractivity contribution in [3.8, 4) is 0 Å². The Labute approximate surface area is 91.6 Å². The van der Waals surface area contributed by atoms with E-state index in [4.69, 9.17) is 0 Å². The normalized spacial score (nSPS) is 19.2. The van der Waals surface area contributed by atoms with Crippen LogP contribution in [0.15, 0.2) is 0 Å². The highest BCUT2D eigenvalue weighted by molar-refractivity contribution is 7.90. The zero-order valence-electron chi connectivity index (χ0n) is 9.40. The molecule has 0 aromatic rings. The van der Waals surface area contributed by atoms with Crippen LogP contribution in [0, 0.1) is 5.92 Å². The van der Waals surface area contributed by atoms with Crippen molar-refractivity contribution < 1.29 is 13.2 Å². The van der Waals surface area contributed by atoms with E-state index in [2.05, 4.69) is 6.92 Å². The van der Waals surface area contributed by atoms with Gasteiger partial charge in [0.05, 0.1) is 5.75 Å². The molecule has 0 N–H and O–H groups in total. The Bertz CT molecular complexity index is 316. The summed E-state index contributed by atoms with van der Waals surface area (Å²) in [4.78, 5) is 13.4. The molecular weight excluding hydrogens is 214 g/mol. The minimum absolute atomic E-state index is 0.0210. The third-order valence-electron chi connectivity index (χ3n) is 2.82. The summed E-state index contributed by atoms with van der Waals surface area (Å²) < 4.78 is 21.8. The number of likely N-dealkylation sites (tertiary alicyclic amines) is 1. The summed E-state index contributed by atoms with van der Waals surface area (Å²) in [5, 5.41) is 0. The van der Waals surface area contributed by atoms with Gasteiger partial charge >= 0.3 is 0 Å². The van der Waals surface area contributed by atoms with Gasteiger partial charge in [0, 0.05) is 25.8 Å². The number of rotatable bonds is 3. The lowest BCUT2D eigenvalue weighted by molar-refractivity contribution is -0.132. The van der Waals surface area contributed by atoms with Gasteiger partial charge in [0.25, 0.3) is 0 Å². The first-order valence-corrected chi connectivity index (χ1v) is 7.40. The zero-order chi connectivity index (χ0) is 11.5.